The largest absolute Gasteiger partial charge is 2.00 e. The van der Waals surface area contributed by atoms with Gasteiger partial charge in [-0.3, -0.25) is 24.7 Å². The number of carboxylic acids is 1. The van der Waals surface area contributed by atoms with Gasteiger partial charge in [-0.15, -0.1) is 22.7 Å². The van der Waals surface area contributed by atoms with Crippen LogP contribution in [0.2, 0.25) is 0 Å². The number of benzene rings is 4. The number of fused-ring (bicyclic) bond motifs is 10. The van der Waals surface area contributed by atoms with Crippen molar-refractivity contribution in [1.29, 1.82) is 5.26 Å². The van der Waals surface area contributed by atoms with Crippen LogP contribution in [0.5, 0.6) is 5.75 Å². The fourth-order valence-electron chi connectivity index (χ4n) is 12.7. The van der Waals surface area contributed by atoms with Crippen molar-refractivity contribution < 1.29 is 38.9 Å². The third-order valence-electron chi connectivity index (χ3n) is 16.3. The van der Waals surface area contributed by atoms with Gasteiger partial charge in [-0.05, 0) is 171 Å². The van der Waals surface area contributed by atoms with Gasteiger partial charge in [0.15, 0.2) is 0 Å². The van der Waals surface area contributed by atoms with Crippen LogP contribution in [-0.4, -0.2) is 42.6 Å². The molecule has 6 aromatic heterocycles. The molecule has 10 aromatic rings. The molecule has 0 bridgehead atoms. The van der Waals surface area contributed by atoms with Gasteiger partial charge >= 0.3 is 25.4 Å². The van der Waals surface area contributed by atoms with Crippen molar-refractivity contribution in [2.24, 2.45) is 0 Å². The molecule has 2 spiro atoms. The Balaban J connectivity index is 0.000000259. The van der Waals surface area contributed by atoms with Gasteiger partial charge in [-0.2, -0.15) is 5.16 Å². The maximum atomic E-state index is 10.8. The first kappa shape index (κ1) is 58.2. The second kappa shape index (κ2) is 26.0. The Morgan fingerprint density at radius 1 is 0.542 bits per heavy atom. The number of rotatable bonds is 9. The van der Waals surface area contributed by atoms with Crippen LogP contribution in [0.3, 0.4) is 0 Å². The van der Waals surface area contributed by atoms with Crippen LogP contribution in [0, 0.1) is 10.7 Å². The fraction of sp³-hybridized carbons (Fsp3) is 0.176. The zero-order valence-electron chi connectivity index (χ0n) is 44.8. The Morgan fingerprint density at radius 2 is 0.916 bits per heavy atom. The van der Waals surface area contributed by atoms with Crippen LogP contribution in [0.4, 0.5) is 0 Å². The average molecular weight is 1250 g/mol. The summed E-state index contributed by atoms with van der Waals surface area (Å²) < 4.78 is 4.68. The van der Waals surface area contributed by atoms with E-state index in [0.29, 0.717) is 23.6 Å². The summed E-state index contributed by atoms with van der Waals surface area (Å²) >= 11 is 11.1. The van der Waals surface area contributed by atoms with E-state index >= 15 is 0 Å². The van der Waals surface area contributed by atoms with E-state index < -0.39 is 5.97 Å². The first-order valence-corrected chi connectivity index (χ1v) is 29.6. The first-order chi connectivity index (χ1) is 40.2. The van der Waals surface area contributed by atoms with Gasteiger partial charge in [-0.25, -0.2) is 10.1 Å². The molecule has 4 aliphatic carbocycles. The molecule has 83 heavy (non-hydrogen) atoms. The van der Waals surface area contributed by atoms with E-state index in [4.69, 9.17) is 25.7 Å². The zero-order valence-corrected chi connectivity index (χ0v) is 49.8. The van der Waals surface area contributed by atoms with E-state index in [1.165, 1.54) is 175 Å². The molecule has 410 valence electrons. The number of thiocyanates is 1. The molecule has 0 atom stereocenters. The standard InChI is InChI=1S/C54H44N2S2.C12H8N2O4.CHNS.CNS.Ru/c1-7-25-53(26-8-1)43-13-5-3-11-39(43)41-17-15-35(31-45(41)53)49-19-21-51(57-49)37-23-29-55-47(33-37)48-34-38(24-30-56-48)52-22-20-50(58-52)36-16-18-42-40-12-4-6-14-44(40)54(46(42)32-36)27-9-2-10-28-54;15-7-18-9-2-4-14-11(6-9)10-5-8(12(16)17)1-3-13-10;2*2-1-3;/h3-6,11-24,29-34H,1-2,7-10,25-28H2;1-7H,(H,16,17);3H;;/q;;;-1;+2/p-1. The molecule has 1 N–H and O–H groups in total. The minimum atomic E-state index is -1.04. The van der Waals surface area contributed by atoms with Crippen LogP contribution in [0.1, 0.15) is 96.8 Å². The molecule has 0 amide bonds. The monoisotopic (exact) mass is 1250 g/mol. The van der Waals surface area contributed by atoms with Gasteiger partial charge < -0.3 is 27.9 Å². The summed E-state index contributed by atoms with van der Waals surface area (Å²) in [6.45, 7) is 0.306. The van der Waals surface area contributed by atoms with Crippen LogP contribution in [0.25, 0.3) is 92.2 Å². The molecule has 4 aliphatic rings. The maximum Gasteiger partial charge on any atom is 2.00 e. The molecule has 15 heteroatoms. The van der Waals surface area contributed by atoms with Crippen molar-refractivity contribution in [2.75, 3.05) is 0 Å². The number of carbonyl (C=O) groups excluding carboxylic acids is 1. The summed E-state index contributed by atoms with van der Waals surface area (Å²) in [7, 11) is 0. The van der Waals surface area contributed by atoms with E-state index in [1.54, 1.807) is 22.3 Å². The van der Waals surface area contributed by atoms with Crippen LogP contribution >= 0.6 is 34.9 Å². The van der Waals surface area contributed by atoms with E-state index in [2.05, 4.69) is 173 Å². The van der Waals surface area contributed by atoms with Gasteiger partial charge in [0, 0.05) is 61.2 Å². The summed E-state index contributed by atoms with van der Waals surface area (Å²) in [5, 5.41) is 25.8. The number of hydrogen-bond donors (Lipinski definition) is 1. The number of hydrogen-bond acceptors (Lipinski definition) is 12. The normalized spacial score (nSPS) is 14.1. The van der Waals surface area contributed by atoms with Crippen LogP contribution in [0.15, 0.2) is 183 Å². The third kappa shape index (κ3) is 11.7. The topological polar surface area (TPSA) is 161 Å². The molecular weight excluding hydrogens is 1190 g/mol. The number of isothiocyanates is 1. The molecule has 6 heterocycles. The molecule has 4 aromatic carbocycles. The minimum Gasteiger partial charge on any atom is -0.753 e. The molecule has 0 radical (unpaired) electrons. The van der Waals surface area contributed by atoms with Crippen molar-refractivity contribution >= 4 is 65.1 Å². The quantitative estimate of drug-likeness (QED) is 0.0366. The number of ether oxygens (including phenoxy) is 1. The first-order valence-electron chi connectivity index (χ1n) is 27.1. The average Bonchev–Trinajstić information content (AvgIpc) is 3.83. The summed E-state index contributed by atoms with van der Waals surface area (Å²) in [5.41, 5.74) is 20.0. The minimum absolute atomic E-state index is 0. The van der Waals surface area contributed by atoms with Crippen molar-refractivity contribution in [2.45, 2.75) is 75.0 Å². The molecule has 10 nitrogen and oxygen atoms in total. The van der Waals surface area contributed by atoms with Crippen LogP contribution < -0.4 is 4.74 Å². The molecule has 0 unspecified atom stereocenters. The number of nitrogens with zero attached hydrogens (tertiary/aromatic N) is 6. The van der Waals surface area contributed by atoms with Crippen LogP contribution in [-0.2, 0) is 47.7 Å². The summed E-state index contributed by atoms with van der Waals surface area (Å²) in [4.78, 5) is 43.9. The van der Waals surface area contributed by atoms with Crippen molar-refractivity contribution in [1.82, 2.24) is 19.9 Å². The zero-order chi connectivity index (χ0) is 56.6. The van der Waals surface area contributed by atoms with E-state index in [-0.39, 0.29) is 35.9 Å². The van der Waals surface area contributed by atoms with E-state index in [9.17, 15) is 9.59 Å². The third-order valence-corrected chi connectivity index (χ3v) is 18.6. The molecule has 2 fully saturated rings. The smallest absolute Gasteiger partial charge is 0.753 e. The summed E-state index contributed by atoms with van der Waals surface area (Å²) in [6.07, 6.45) is 19.7. The van der Waals surface area contributed by atoms with E-state index in [1.807, 2.05) is 35.1 Å². The van der Waals surface area contributed by atoms with Gasteiger partial charge in [0.05, 0.1) is 28.3 Å². The second-order valence-corrected chi connectivity index (χ2v) is 23.1. The van der Waals surface area contributed by atoms with E-state index in [0.717, 1.165) is 11.4 Å². The molecular formula is C68H52N6O4RuS4. The fourth-order valence-corrected chi connectivity index (χ4v) is 14.7. The second-order valence-electron chi connectivity index (χ2n) is 20.6. The number of carbonyl (C=O) groups is 2. The number of pyridine rings is 4. The number of aromatic nitrogens is 4. The number of thiophene rings is 2. The predicted octanol–water partition coefficient (Wildman–Crippen LogP) is 17.4. The van der Waals surface area contributed by atoms with Crippen molar-refractivity contribution in [3.05, 3.63) is 216 Å². The molecule has 0 aliphatic heterocycles. The number of nitriles is 1. The number of carboxylic acid groups (broad SMARTS) is 1. The van der Waals surface area contributed by atoms with Crippen molar-refractivity contribution in [3.8, 4) is 97.9 Å². The summed E-state index contributed by atoms with van der Waals surface area (Å²) in [5.74, 6) is -0.725. The molecule has 14 rings (SSSR count). The Hall–Kier alpha value is -8.05. The Labute approximate surface area is 514 Å². The Bertz CT molecular complexity index is 3900. The van der Waals surface area contributed by atoms with Gasteiger partial charge in [0.2, 0.25) is 0 Å². The molecule has 2 saturated carbocycles. The number of thiocarbonyl (C=S) groups is 1. The number of aromatic carboxylic acids is 1. The maximum absolute atomic E-state index is 10.8. The van der Waals surface area contributed by atoms with Crippen molar-refractivity contribution in [3.63, 3.8) is 0 Å². The van der Waals surface area contributed by atoms with Gasteiger partial charge in [0.1, 0.15) is 5.75 Å². The Morgan fingerprint density at radius 3 is 1.35 bits per heavy atom. The molecule has 0 saturated heterocycles. The SMILES string of the molecule is N#C[S-].O=COc1ccnc(-c2cc(C(=O)O)ccn2)c1.[N-]=C=S.[Ru+2].c1ccc2c(c1)-c1ccc(-c3ccc(-c4ccnc(-c5cc(-c6ccc(-c7ccc8c(c7)C7(CCCCC7)c7ccccc7-8)s6)ccn5)c4)s3)cc1C21CCCCC1. The predicted molar refractivity (Wildman–Crippen MR) is 334 cm³/mol. The van der Waals surface area contributed by atoms with Gasteiger partial charge in [-0.1, -0.05) is 129 Å². The van der Waals surface area contributed by atoms with Gasteiger partial charge in [0.25, 0.3) is 6.47 Å². The Kier molecular flexibility index (Phi) is 18.2. The summed E-state index contributed by atoms with van der Waals surface area (Å²) in [6, 6.07) is 56.5.